The highest BCUT2D eigenvalue weighted by Gasteiger charge is 2.29. The van der Waals surface area contributed by atoms with E-state index in [1.54, 1.807) is 36.4 Å². The molecule has 0 aliphatic carbocycles. The van der Waals surface area contributed by atoms with Crippen molar-refractivity contribution < 1.29 is 13.2 Å². The second-order valence-electron chi connectivity index (χ2n) is 8.36. The summed E-state index contributed by atoms with van der Waals surface area (Å²) in [4.78, 5) is 13.2. The van der Waals surface area contributed by atoms with E-state index in [9.17, 15) is 13.2 Å². The first kappa shape index (κ1) is 24.8. The second kappa shape index (κ2) is 9.98. The van der Waals surface area contributed by atoms with Crippen LogP contribution in [0.15, 0.2) is 65.6 Å². The van der Waals surface area contributed by atoms with Crippen molar-refractivity contribution in [2.45, 2.75) is 45.6 Å². The number of halogens is 1. The van der Waals surface area contributed by atoms with E-state index in [0.717, 1.165) is 26.6 Å². The number of hydrogen-bond acceptors (Lipinski definition) is 3. The number of nitrogens with one attached hydrogen (secondary N) is 1. The molecule has 0 aliphatic rings. The number of amides is 1. The van der Waals surface area contributed by atoms with Crippen LogP contribution in [-0.4, -0.2) is 20.9 Å². The van der Waals surface area contributed by atoms with Crippen molar-refractivity contribution in [2.75, 3.05) is 10.8 Å². The Labute approximate surface area is 201 Å². The summed E-state index contributed by atoms with van der Waals surface area (Å²) in [5, 5.41) is 3.20. The zero-order valence-corrected chi connectivity index (χ0v) is 21.1. The molecule has 0 aliphatic heterocycles. The van der Waals surface area contributed by atoms with Gasteiger partial charge in [0.2, 0.25) is 5.91 Å². The van der Waals surface area contributed by atoms with E-state index in [2.05, 4.69) is 17.4 Å². The number of anilines is 1. The normalized spacial score (nSPS) is 12.3. The van der Waals surface area contributed by atoms with Gasteiger partial charge in [-0.15, -0.1) is 0 Å². The lowest BCUT2D eigenvalue weighted by Gasteiger charge is -2.26. The van der Waals surface area contributed by atoms with Gasteiger partial charge in [0, 0.05) is 0 Å². The van der Waals surface area contributed by atoms with Crippen LogP contribution in [0.5, 0.6) is 0 Å². The first-order chi connectivity index (χ1) is 15.5. The Hall–Kier alpha value is -2.83. The number of nitrogens with zero attached hydrogens (tertiary/aromatic N) is 1. The monoisotopic (exact) mass is 484 g/mol. The van der Waals surface area contributed by atoms with E-state index < -0.39 is 22.5 Å². The molecule has 1 atom stereocenters. The van der Waals surface area contributed by atoms with Gasteiger partial charge in [-0.25, -0.2) is 8.42 Å². The maximum Gasteiger partial charge on any atom is 0.264 e. The smallest absolute Gasteiger partial charge is 0.264 e. The van der Waals surface area contributed by atoms with Gasteiger partial charge in [-0.2, -0.15) is 0 Å². The van der Waals surface area contributed by atoms with Crippen molar-refractivity contribution in [1.29, 1.82) is 0 Å². The topological polar surface area (TPSA) is 66.5 Å². The lowest BCUT2D eigenvalue weighted by Crippen LogP contribution is -2.41. The van der Waals surface area contributed by atoms with Crippen molar-refractivity contribution in [3.63, 3.8) is 0 Å². The van der Waals surface area contributed by atoms with E-state index in [-0.39, 0.29) is 21.6 Å². The summed E-state index contributed by atoms with van der Waals surface area (Å²) in [5.41, 5.74) is 5.58. The van der Waals surface area contributed by atoms with Crippen LogP contribution in [0.1, 0.15) is 40.8 Å². The van der Waals surface area contributed by atoms with Gasteiger partial charge in [0.25, 0.3) is 10.0 Å². The molecule has 5 nitrogen and oxygen atoms in total. The molecule has 3 aromatic carbocycles. The minimum Gasteiger partial charge on any atom is -0.348 e. The van der Waals surface area contributed by atoms with E-state index in [0.29, 0.717) is 0 Å². The van der Waals surface area contributed by atoms with Crippen LogP contribution in [-0.2, 0) is 14.8 Å². The van der Waals surface area contributed by atoms with Crippen LogP contribution in [0.4, 0.5) is 5.69 Å². The van der Waals surface area contributed by atoms with Crippen molar-refractivity contribution in [3.05, 3.63) is 93.5 Å². The Morgan fingerprint density at radius 2 is 1.55 bits per heavy atom. The lowest BCUT2D eigenvalue weighted by atomic mass is 9.96. The quantitative estimate of drug-likeness (QED) is 0.471. The molecule has 33 heavy (non-hydrogen) atoms. The number of rotatable bonds is 7. The predicted octanol–water partition coefficient (Wildman–Crippen LogP) is 5.65. The Morgan fingerprint density at radius 3 is 2.18 bits per heavy atom. The van der Waals surface area contributed by atoms with Gasteiger partial charge in [0.15, 0.2) is 0 Å². The number of para-hydroxylation sites is 1. The molecule has 0 spiro atoms. The summed E-state index contributed by atoms with van der Waals surface area (Å²) in [6.45, 7) is 9.46. The highest BCUT2D eigenvalue weighted by atomic mass is 35.5. The van der Waals surface area contributed by atoms with Crippen LogP contribution < -0.4 is 9.62 Å². The Bertz CT molecular complexity index is 1270. The molecule has 0 aromatic heterocycles. The minimum absolute atomic E-state index is 0.0962. The van der Waals surface area contributed by atoms with Crippen LogP contribution in [0, 0.1) is 27.7 Å². The minimum atomic E-state index is -4.02. The number of benzene rings is 3. The number of carbonyl (C=O) groups excluding carboxylic acids is 1. The largest absolute Gasteiger partial charge is 0.348 e. The van der Waals surface area contributed by atoms with Crippen molar-refractivity contribution >= 4 is 33.2 Å². The zero-order valence-electron chi connectivity index (χ0n) is 19.5. The molecule has 1 amide bonds. The van der Waals surface area contributed by atoms with Crippen LogP contribution in [0.25, 0.3) is 0 Å². The lowest BCUT2D eigenvalue weighted by molar-refractivity contribution is -0.120. The van der Waals surface area contributed by atoms with Crippen LogP contribution in [0.2, 0.25) is 5.02 Å². The molecule has 0 unspecified atom stereocenters. The highest BCUT2D eigenvalue weighted by Crippen LogP contribution is 2.30. The van der Waals surface area contributed by atoms with Gasteiger partial charge >= 0.3 is 0 Å². The van der Waals surface area contributed by atoms with Crippen molar-refractivity contribution in [3.8, 4) is 0 Å². The fourth-order valence-corrected chi connectivity index (χ4v) is 5.46. The Morgan fingerprint density at radius 1 is 0.939 bits per heavy atom. The molecule has 174 valence electrons. The average molecular weight is 485 g/mol. The predicted molar refractivity (Wildman–Crippen MR) is 134 cm³/mol. The van der Waals surface area contributed by atoms with Crippen LogP contribution in [0.3, 0.4) is 0 Å². The van der Waals surface area contributed by atoms with Gasteiger partial charge in [0.05, 0.1) is 21.6 Å². The molecule has 0 saturated carbocycles. The Kier molecular flexibility index (Phi) is 7.50. The summed E-state index contributed by atoms with van der Waals surface area (Å²) in [6.07, 6.45) is 0. The fourth-order valence-electron chi connectivity index (χ4n) is 3.74. The molecule has 0 saturated heterocycles. The summed E-state index contributed by atoms with van der Waals surface area (Å²) >= 11 is 6.34. The van der Waals surface area contributed by atoms with Crippen LogP contribution >= 0.6 is 11.6 Å². The first-order valence-corrected chi connectivity index (χ1v) is 12.5. The first-order valence-electron chi connectivity index (χ1n) is 10.7. The molecule has 0 fully saturated rings. The van der Waals surface area contributed by atoms with Crippen molar-refractivity contribution in [2.24, 2.45) is 0 Å². The van der Waals surface area contributed by atoms with E-state index in [1.165, 1.54) is 17.7 Å². The van der Waals surface area contributed by atoms with Gasteiger partial charge in [-0.05, 0) is 81.1 Å². The molecule has 7 heteroatoms. The summed E-state index contributed by atoms with van der Waals surface area (Å²) in [5.74, 6) is -0.421. The third kappa shape index (κ3) is 5.57. The second-order valence-corrected chi connectivity index (χ2v) is 10.6. The van der Waals surface area contributed by atoms with E-state index >= 15 is 0 Å². The van der Waals surface area contributed by atoms with Crippen molar-refractivity contribution in [1.82, 2.24) is 5.32 Å². The molecule has 3 aromatic rings. The molecular weight excluding hydrogens is 456 g/mol. The summed E-state index contributed by atoms with van der Waals surface area (Å²) < 4.78 is 28.1. The van der Waals surface area contributed by atoms with Gasteiger partial charge in [-0.1, -0.05) is 53.6 Å². The van der Waals surface area contributed by atoms with E-state index in [4.69, 9.17) is 11.6 Å². The maximum atomic E-state index is 13.5. The number of hydrogen-bond donors (Lipinski definition) is 1. The molecular formula is C26H29ClN2O3S. The average Bonchev–Trinajstić information content (AvgIpc) is 2.75. The molecule has 1 N–H and O–H groups in total. The third-order valence-corrected chi connectivity index (χ3v) is 7.84. The standard InChI is InChI=1S/C26H29ClN2O3S/c1-17-10-12-22(13-11-17)33(31,32)29(25-9-7-6-8-24(25)27)16-26(30)28-21(5)23-15-19(3)18(2)14-20(23)4/h6-15,21H,16H2,1-5H3,(H,28,30)/t21-/m1/s1. The maximum absolute atomic E-state index is 13.5. The SMILES string of the molecule is Cc1ccc(S(=O)(=O)N(CC(=O)N[C@H](C)c2cc(C)c(C)cc2C)c2ccccc2Cl)cc1. The molecule has 0 heterocycles. The van der Waals surface area contributed by atoms with E-state index in [1.807, 2.05) is 34.6 Å². The van der Waals surface area contributed by atoms with Gasteiger partial charge in [0.1, 0.15) is 6.54 Å². The molecule has 3 rings (SSSR count). The number of sulfonamides is 1. The molecule has 0 radical (unpaired) electrons. The van der Waals surface area contributed by atoms with Gasteiger partial charge in [-0.3, -0.25) is 9.10 Å². The summed E-state index contributed by atoms with van der Waals surface area (Å²) in [7, 11) is -4.02. The fraction of sp³-hybridized carbons (Fsp3) is 0.269. The number of aryl methyl sites for hydroxylation is 4. The third-order valence-electron chi connectivity index (χ3n) is 5.74. The zero-order chi connectivity index (χ0) is 24.3. The summed E-state index contributed by atoms with van der Waals surface area (Å²) in [6, 6.07) is 17.0. The highest BCUT2D eigenvalue weighted by molar-refractivity contribution is 7.92. The number of carbonyl (C=O) groups is 1. The van der Waals surface area contributed by atoms with Gasteiger partial charge < -0.3 is 5.32 Å². The Balaban J connectivity index is 1.92. The molecule has 0 bridgehead atoms.